The zero-order valence-electron chi connectivity index (χ0n) is 18.1. The first kappa shape index (κ1) is 23.8. The van der Waals surface area contributed by atoms with E-state index >= 15 is 0 Å². The molecule has 8 heteroatoms. The van der Waals surface area contributed by atoms with Gasteiger partial charge in [0.05, 0.1) is 0 Å². The lowest BCUT2D eigenvalue weighted by Crippen LogP contribution is -2.30. The molecule has 3 aromatic rings. The molecule has 2 N–H and O–H groups in total. The van der Waals surface area contributed by atoms with Gasteiger partial charge in [-0.05, 0) is 67.1 Å². The van der Waals surface area contributed by atoms with Crippen LogP contribution >= 0.6 is 11.6 Å². The van der Waals surface area contributed by atoms with Gasteiger partial charge < -0.3 is 20.1 Å². The van der Waals surface area contributed by atoms with Crippen molar-refractivity contribution in [1.29, 1.82) is 0 Å². The molecular weight excluding hydrogens is 444 g/mol. The Morgan fingerprint density at radius 1 is 0.939 bits per heavy atom. The van der Waals surface area contributed by atoms with Crippen LogP contribution in [-0.2, 0) is 16.1 Å². The van der Waals surface area contributed by atoms with Gasteiger partial charge in [0.1, 0.15) is 11.5 Å². The number of benzene rings is 3. The molecule has 0 aromatic heterocycles. The Bertz CT molecular complexity index is 1130. The van der Waals surface area contributed by atoms with E-state index < -0.39 is 12.1 Å². The fraction of sp³-hybridized carbons (Fsp3) is 0.160. The minimum absolute atomic E-state index is 0.293. The van der Waals surface area contributed by atoms with Crippen molar-refractivity contribution in [2.45, 2.75) is 26.5 Å². The molecule has 1 atom stereocenters. The number of ether oxygens (including phenoxy) is 2. The standard InChI is InChI=1S/C25H23ClN2O5/c1-16(32-22-12-8-20(26)9-13-22)24(30)28-21-10-6-18(7-11-21)15-27-25(31)19-4-3-5-23(14-19)33-17(2)29/h3-14,16H,15H2,1-2H3,(H,27,31)(H,28,30). The van der Waals surface area contributed by atoms with Gasteiger partial charge in [0.25, 0.3) is 11.8 Å². The molecule has 0 spiro atoms. The second kappa shape index (κ2) is 11.2. The maximum atomic E-state index is 12.4. The highest BCUT2D eigenvalue weighted by Gasteiger charge is 2.15. The monoisotopic (exact) mass is 466 g/mol. The summed E-state index contributed by atoms with van der Waals surface area (Å²) < 4.78 is 10.6. The van der Waals surface area contributed by atoms with E-state index in [9.17, 15) is 14.4 Å². The zero-order valence-corrected chi connectivity index (χ0v) is 18.9. The molecule has 33 heavy (non-hydrogen) atoms. The van der Waals surface area contributed by atoms with Crippen molar-refractivity contribution in [2.24, 2.45) is 0 Å². The van der Waals surface area contributed by atoms with Gasteiger partial charge >= 0.3 is 5.97 Å². The summed E-state index contributed by atoms with van der Waals surface area (Å²) in [5.41, 5.74) is 1.84. The van der Waals surface area contributed by atoms with Crippen molar-refractivity contribution in [2.75, 3.05) is 5.32 Å². The van der Waals surface area contributed by atoms with E-state index in [4.69, 9.17) is 21.1 Å². The van der Waals surface area contributed by atoms with Gasteiger partial charge in [-0.3, -0.25) is 14.4 Å². The van der Waals surface area contributed by atoms with E-state index in [1.807, 2.05) is 0 Å². The highest BCUT2D eigenvalue weighted by atomic mass is 35.5. The second-order valence-corrected chi connectivity index (χ2v) is 7.64. The minimum Gasteiger partial charge on any atom is -0.481 e. The van der Waals surface area contributed by atoms with Crippen LogP contribution in [-0.4, -0.2) is 23.9 Å². The summed E-state index contributed by atoms with van der Waals surface area (Å²) in [5, 5.41) is 6.19. The van der Waals surface area contributed by atoms with Crippen LogP contribution in [0.3, 0.4) is 0 Å². The Hall–Kier alpha value is -3.84. The summed E-state index contributed by atoms with van der Waals surface area (Å²) in [6.45, 7) is 3.25. The van der Waals surface area contributed by atoms with E-state index in [1.165, 1.54) is 13.0 Å². The number of esters is 1. The van der Waals surface area contributed by atoms with Crippen LogP contribution in [0.25, 0.3) is 0 Å². The van der Waals surface area contributed by atoms with Gasteiger partial charge in [-0.1, -0.05) is 29.8 Å². The van der Waals surface area contributed by atoms with Gasteiger partial charge in [0.2, 0.25) is 0 Å². The summed E-state index contributed by atoms with van der Waals surface area (Å²) in [6, 6.07) is 20.2. The smallest absolute Gasteiger partial charge is 0.308 e. The molecule has 0 aliphatic heterocycles. The predicted molar refractivity (Wildman–Crippen MR) is 126 cm³/mol. The number of amides is 2. The first-order valence-electron chi connectivity index (χ1n) is 10.2. The molecule has 0 aliphatic carbocycles. The quantitative estimate of drug-likeness (QED) is 0.374. The van der Waals surface area contributed by atoms with Crippen LogP contribution in [0.2, 0.25) is 5.02 Å². The molecule has 170 valence electrons. The fourth-order valence-electron chi connectivity index (χ4n) is 2.87. The number of carbonyl (C=O) groups is 3. The average molecular weight is 467 g/mol. The van der Waals surface area contributed by atoms with E-state index in [0.717, 1.165) is 5.56 Å². The average Bonchev–Trinajstić information content (AvgIpc) is 2.79. The van der Waals surface area contributed by atoms with E-state index in [1.54, 1.807) is 73.7 Å². The minimum atomic E-state index is -0.701. The SMILES string of the molecule is CC(=O)Oc1cccc(C(=O)NCc2ccc(NC(=O)C(C)Oc3ccc(Cl)cc3)cc2)c1. The molecule has 0 heterocycles. The van der Waals surface area contributed by atoms with Crippen LogP contribution in [0.15, 0.2) is 72.8 Å². The number of rotatable bonds is 8. The molecule has 7 nitrogen and oxygen atoms in total. The van der Waals surface area contributed by atoms with Crippen molar-refractivity contribution < 1.29 is 23.9 Å². The number of hydrogen-bond acceptors (Lipinski definition) is 5. The third kappa shape index (κ3) is 7.36. The maximum Gasteiger partial charge on any atom is 0.308 e. The molecule has 1 unspecified atom stereocenters. The Balaban J connectivity index is 1.50. The molecule has 3 aromatic carbocycles. The lowest BCUT2D eigenvalue weighted by Gasteiger charge is -2.15. The van der Waals surface area contributed by atoms with Crippen molar-refractivity contribution in [1.82, 2.24) is 5.32 Å². The Morgan fingerprint density at radius 2 is 1.64 bits per heavy atom. The third-order valence-corrected chi connectivity index (χ3v) is 4.78. The van der Waals surface area contributed by atoms with Crippen molar-refractivity contribution in [3.8, 4) is 11.5 Å². The highest BCUT2D eigenvalue weighted by Crippen LogP contribution is 2.18. The molecule has 0 aliphatic rings. The van der Waals surface area contributed by atoms with E-state index in [2.05, 4.69) is 10.6 Å². The second-order valence-electron chi connectivity index (χ2n) is 7.20. The molecular formula is C25H23ClN2O5. The van der Waals surface area contributed by atoms with Gasteiger partial charge in [-0.25, -0.2) is 0 Å². The Labute approximate surface area is 196 Å². The number of carbonyl (C=O) groups excluding carboxylic acids is 3. The summed E-state index contributed by atoms with van der Waals surface area (Å²) in [4.78, 5) is 35.8. The maximum absolute atomic E-state index is 12.4. The summed E-state index contributed by atoms with van der Waals surface area (Å²) in [5.74, 6) is -0.185. The molecule has 0 saturated carbocycles. The number of halogens is 1. The largest absolute Gasteiger partial charge is 0.481 e. The van der Waals surface area contributed by atoms with Gasteiger partial charge in [0, 0.05) is 29.7 Å². The van der Waals surface area contributed by atoms with Gasteiger partial charge in [0.15, 0.2) is 6.10 Å². The predicted octanol–water partition coefficient (Wildman–Crippen LogP) is 4.60. The van der Waals surface area contributed by atoms with Gasteiger partial charge in [-0.2, -0.15) is 0 Å². The van der Waals surface area contributed by atoms with Crippen LogP contribution in [0, 0.1) is 0 Å². The first-order chi connectivity index (χ1) is 15.8. The normalized spacial score (nSPS) is 11.2. The topological polar surface area (TPSA) is 93.7 Å². The van der Waals surface area contributed by atoms with Crippen LogP contribution in [0.4, 0.5) is 5.69 Å². The van der Waals surface area contributed by atoms with Gasteiger partial charge in [-0.15, -0.1) is 0 Å². The zero-order chi connectivity index (χ0) is 23.8. The molecule has 0 fully saturated rings. The number of hydrogen-bond donors (Lipinski definition) is 2. The van der Waals surface area contributed by atoms with Crippen LogP contribution < -0.4 is 20.1 Å². The number of anilines is 1. The summed E-state index contributed by atoms with van der Waals surface area (Å²) >= 11 is 5.85. The van der Waals surface area contributed by atoms with E-state index in [0.29, 0.717) is 34.3 Å². The Kier molecular flexibility index (Phi) is 8.05. The molecule has 3 rings (SSSR count). The molecule has 0 saturated heterocycles. The number of nitrogens with one attached hydrogen (secondary N) is 2. The summed E-state index contributed by atoms with van der Waals surface area (Å²) in [6.07, 6.45) is -0.701. The third-order valence-electron chi connectivity index (χ3n) is 4.53. The van der Waals surface area contributed by atoms with Crippen LogP contribution in [0.1, 0.15) is 29.8 Å². The van der Waals surface area contributed by atoms with Crippen molar-refractivity contribution in [3.05, 3.63) is 88.9 Å². The highest BCUT2D eigenvalue weighted by molar-refractivity contribution is 6.30. The first-order valence-corrected chi connectivity index (χ1v) is 10.6. The Morgan fingerprint density at radius 3 is 2.30 bits per heavy atom. The van der Waals surface area contributed by atoms with Crippen molar-refractivity contribution in [3.63, 3.8) is 0 Å². The fourth-order valence-corrected chi connectivity index (χ4v) is 3.00. The van der Waals surface area contributed by atoms with Crippen molar-refractivity contribution >= 4 is 35.1 Å². The summed E-state index contributed by atoms with van der Waals surface area (Å²) in [7, 11) is 0. The lowest BCUT2D eigenvalue weighted by atomic mass is 10.1. The lowest BCUT2D eigenvalue weighted by molar-refractivity contribution is -0.131. The van der Waals surface area contributed by atoms with E-state index in [-0.39, 0.29) is 11.8 Å². The molecule has 0 bridgehead atoms. The molecule has 2 amide bonds. The molecule has 0 radical (unpaired) electrons. The van der Waals surface area contributed by atoms with Crippen LogP contribution in [0.5, 0.6) is 11.5 Å².